The molecule has 0 fully saturated rings. The molecule has 2 aromatic carbocycles. The van der Waals surface area contributed by atoms with Crippen LogP contribution >= 0.6 is 0 Å². The maximum Gasteiger partial charge on any atom is 0.405 e. The number of rotatable bonds is 10. The Morgan fingerprint density at radius 3 is 2.20 bits per heavy atom. The second-order valence-electron chi connectivity index (χ2n) is 7.27. The van der Waals surface area contributed by atoms with Gasteiger partial charge in [-0.2, -0.15) is 0 Å². The second kappa shape index (κ2) is 10.4. The van der Waals surface area contributed by atoms with Crippen molar-refractivity contribution >= 4 is 11.9 Å². The zero-order valence-corrected chi connectivity index (χ0v) is 17.0. The van der Waals surface area contributed by atoms with E-state index in [1.54, 1.807) is 6.92 Å². The number of carbonyl (C=O) groups is 2. The van der Waals surface area contributed by atoms with Gasteiger partial charge in [-0.1, -0.05) is 73.5 Å². The van der Waals surface area contributed by atoms with Gasteiger partial charge in [-0.15, -0.1) is 0 Å². The molecule has 0 bridgehead atoms. The number of hydrogen-bond donors (Lipinski definition) is 2. The van der Waals surface area contributed by atoms with Crippen molar-refractivity contribution in [2.75, 3.05) is 0 Å². The van der Waals surface area contributed by atoms with Gasteiger partial charge >= 0.3 is 6.09 Å². The van der Waals surface area contributed by atoms with Crippen LogP contribution in [0.2, 0.25) is 0 Å². The molecule has 0 radical (unpaired) electrons. The highest BCUT2D eigenvalue weighted by molar-refractivity contribution is 5.77. The van der Waals surface area contributed by atoms with E-state index < -0.39 is 12.1 Å². The number of benzene rings is 2. The largest absolute Gasteiger partial charge is 0.465 e. The molecule has 0 unspecified atom stereocenters. The highest BCUT2D eigenvalue weighted by atomic mass is 16.4. The zero-order chi connectivity index (χ0) is 21.3. The smallest absolute Gasteiger partial charge is 0.405 e. The zero-order valence-electron chi connectivity index (χ0n) is 17.0. The van der Waals surface area contributed by atoms with Crippen LogP contribution in [-0.2, 0) is 4.79 Å². The molecule has 1 atom stereocenters. The van der Waals surface area contributed by atoms with Crippen LogP contribution in [0, 0.1) is 0 Å². The van der Waals surface area contributed by atoms with Gasteiger partial charge < -0.3 is 19.6 Å². The van der Waals surface area contributed by atoms with Crippen molar-refractivity contribution in [3.63, 3.8) is 0 Å². The molecular weight excluding hydrogens is 380 g/mol. The van der Waals surface area contributed by atoms with Crippen molar-refractivity contribution in [2.45, 2.75) is 45.1 Å². The number of nitrogens with zero attached hydrogens (tertiary/aromatic N) is 1. The fourth-order valence-corrected chi connectivity index (χ4v) is 3.37. The van der Waals surface area contributed by atoms with Crippen LogP contribution in [0.3, 0.4) is 0 Å². The minimum absolute atomic E-state index is 0.169. The first-order chi connectivity index (χ1) is 14.5. The van der Waals surface area contributed by atoms with E-state index >= 15 is 0 Å². The number of amides is 1. The lowest BCUT2D eigenvalue weighted by atomic mass is 10.1. The van der Waals surface area contributed by atoms with E-state index in [0.717, 1.165) is 30.4 Å². The van der Waals surface area contributed by atoms with E-state index in [1.807, 2.05) is 60.7 Å². The fraction of sp³-hybridized carbons (Fsp3) is 0.292. The van der Waals surface area contributed by atoms with E-state index in [2.05, 4.69) is 5.32 Å². The Morgan fingerprint density at radius 2 is 1.60 bits per heavy atom. The van der Waals surface area contributed by atoms with E-state index in [0.29, 0.717) is 30.2 Å². The van der Waals surface area contributed by atoms with Gasteiger partial charge in [-0.3, -0.25) is 0 Å². The quantitative estimate of drug-likeness (QED) is 0.412. The van der Waals surface area contributed by atoms with E-state index in [4.69, 9.17) is 9.40 Å². The molecule has 0 saturated carbocycles. The van der Waals surface area contributed by atoms with Crippen molar-refractivity contribution in [1.82, 2.24) is 10.3 Å². The van der Waals surface area contributed by atoms with Crippen LogP contribution in [0.4, 0.5) is 4.79 Å². The second-order valence-corrected chi connectivity index (χ2v) is 7.27. The Morgan fingerprint density at radius 1 is 0.967 bits per heavy atom. The van der Waals surface area contributed by atoms with Crippen molar-refractivity contribution in [2.24, 2.45) is 0 Å². The predicted octanol–water partition coefficient (Wildman–Crippen LogP) is 5.86. The molecule has 0 aliphatic heterocycles. The van der Waals surface area contributed by atoms with Gasteiger partial charge in [0, 0.05) is 17.5 Å². The lowest BCUT2D eigenvalue weighted by Gasteiger charge is -2.13. The Kier molecular flexibility index (Phi) is 7.38. The number of hydrogen-bond acceptors (Lipinski definition) is 4. The molecule has 0 spiro atoms. The Hall–Kier alpha value is -3.41. The standard InChI is InChI=1S/C24H26N2O4/c1-17(27)11-5-2-10-16-20(25-24(28)29)23-26-21(18-12-6-3-7-13-18)22(30-23)19-14-8-4-9-15-19/h3-4,6-9,12-15,20,25H,2,5,10-11,16H2,1H3,(H,28,29)/t20-/m0/s1. The summed E-state index contributed by atoms with van der Waals surface area (Å²) in [5, 5.41) is 11.8. The molecule has 30 heavy (non-hydrogen) atoms. The van der Waals surface area contributed by atoms with Gasteiger partial charge in [-0.25, -0.2) is 9.78 Å². The first-order valence-electron chi connectivity index (χ1n) is 10.1. The Bertz CT molecular complexity index is 910. The number of oxazole rings is 1. The molecule has 6 nitrogen and oxygen atoms in total. The molecule has 3 rings (SSSR count). The molecule has 1 aromatic heterocycles. The van der Waals surface area contributed by atoms with Crippen LogP contribution in [0.25, 0.3) is 22.6 Å². The molecular formula is C24H26N2O4. The van der Waals surface area contributed by atoms with Gasteiger partial charge in [0.05, 0.1) is 0 Å². The summed E-state index contributed by atoms with van der Waals surface area (Å²) >= 11 is 0. The minimum atomic E-state index is -1.12. The van der Waals surface area contributed by atoms with Crippen LogP contribution in [0.15, 0.2) is 65.1 Å². The summed E-state index contributed by atoms with van der Waals surface area (Å²) in [6, 6.07) is 18.8. The van der Waals surface area contributed by atoms with Gasteiger partial charge in [0.2, 0.25) is 5.89 Å². The highest BCUT2D eigenvalue weighted by Gasteiger charge is 2.24. The van der Waals surface area contributed by atoms with E-state index in [-0.39, 0.29) is 5.78 Å². The summed E-state index contributed by atoms with van der Waals surface area (Å²) in [4.78, 5) is 27.2. The Balaban J connectivity index is 1.88. The minimum Gasteiger partial charge on any atom is -0.465 e. The molecule has 0 aliphatic carbocycles. The average Bonchev–Trinajstić information content (AvgIpc) is 3.19. The van der Waals surface area contributed by atoms with E-state index in [9.17, 15) is 14.7 Å². The molecule has 2 N–H and O–H groups in total. The van der Waals surface area contributed by atoms with Crippen LogP contribution in [0.1, 0.15) is 51.0 Å². The molecule has 3 aromatic rings. The van der Waals surface area contributed by atoms with Gasteiger partial charge in [0.25, 0.3) is 0 Å². The highest BCUT2D eigenvalue weighted by Crippen LogP contribution is 2.35. The lowest BCUT2D eigenvalue weighted by Crippen LogP contribution is -2.27. The number of aromatic nitrogens is 1. The third-order valence-corrected chi connectivity index (χ3v) is 4.84. The van der Waals surface area contributed by atoms with E-state index in [1.165, 1.54) is 0 Å². The molecule has 6 heteroatoms. The molecule has 0 saturated heterocycles. The van der Waals surface area contributed by atoms with Gasteiger partial charge in [0.1, 0.15) is 17.5 Å². The number of carboxylic acid groups (broad SMARTS) is 1. The monoisotopic (exact) mass is 406 g/mol. The molecule has 0 aliphatic rings. The van der Waals surface area contributed by atoms with Crippen molar-refractivity contribution in [1.29, 1.82) is 0 Å². The summed E-state index contributed by atoms with van der Waals surface area (Å²) in [5.41, 5.74) is 2.47. The first-order valence-corrected chi connectivity index (χ1v) is 10.1. The molecule has 1 amide bonds. The van der Waals surface area contributed by atoms with Crippen molar-refractivity contribution < 1.29 is 19.1 Å². The third kappa shape index (κ3) is 5.80. The Labute approximate surface area is 176 Å². The molecule has 1 heterocycles. The summed E-state index contributed by atoms with van der Waals surface area (Å²) < 4.78 is 6.12. The summed E-state index contributed by atoms with van der Waals surface area (Å²) in [6.07, 6.45) is 2.38. The first kappa shape index (κ1) is 21.3. The predicted molar refractivity (Wildman–Crippen MR) is 115 cm³/mol. The van der Waals surface area contributed by atoms with Crippen molar-refractivity contribution in [3.05, 3.63) is 66.6 Å². The van der Waals surface area contributed by atoms with Crippen LogP contribution in [-0.4, -0.2) is 22.0 Å². The summed E-state index contributed by atoms with van der Waals surface area (Å²) in [7, 11) is 0. The number of ketones is 1. The average molecular weight is 406 g/mol. The maximum atomic E-state index is 11.4. The maximum absolute atomic E-state index is 11.4. The third-order valence-electron chi connectivity index (χ3n) is 4.84. The number of unbranched alkanes of at least 4 members (excludes halogenated alkanes) is 2. The molecule has 156 valence electrons. The fourth-order valence-electron chi connectivity index (χ4n) is 3.37. The number of Topliss-reactive ketones (excluding diaryl/α,β-unsaturated/α-hetero) is 1. The van der Waals surface area contributed by atoms with Gasteiger partial charge in [-0.05, 0) is 19.8 Å². The topological polar surface area (TPSA) is 92.4 Å². The van der Waals surface area contributed by atoms with Crippen LogP contribution in [0.5, 0.6) is 0 Å². The summed E-state index contributed by atoms with van der Waals surface area (Å²) in [5.74, 6) is 1.13. The number of nitrogens with one attached hydrogen (secondary N) is 1. The summed E-state index contributed by atoms with van der Waals surface area (Å²) in [6.45, 7) is 1.58. The number of carbonyl (C=O) groups excluding carboxylic acids is 1. The lowest BCUT2D eigenvalue weighted by molar-refractivity contribution is -0.117. The SMILES string of the molecule is CC(=O)CCCCC[C@H](NC(=O)O)c1nc(-c2ccccc2)c(-c2ccccc2)o1. The normalized spacial score (nSPS) is 11.8. The van der Waals surface area contributed by atoms with Crippen molar-refractivity contribution in [3.8, 4) is 22.6 Å². The van der Waals surface area contributed by atoms with Gasteiger partial charge in [0.15, 0.2) is 5.76 Å². The van der Waals surface area contributed by atoms with Crippen LogP contribution < -0.4 is 5.32 Å².